The van der Waals surface area contributed by atoms with Crippen LogP contribution >= 0.6 is 0 Å². The van der Waals surface area contributed by atoms with Gasteiger partial charge in [0.2, 0.25) is 0 Å². The van der Waals surface area contributed by atoms with Crippen LogP contribution in [-0.4, -0.2) is 27.0 Å². The summed E-state index contributed by atoms with van der Waals surface area (Å²) in [5.74, 6) is 0.900. The molecule has 0 aliphatic carbocycles. The van der Waals surface area contributed by atoms with E-state index in [1.807, 2.05) is 18.2 Å². The molecular weight excluding hydrogens is 326 g/mol. The fraction of sp³-hybridized carbons (Fsp3) is 0.250. The van der Waals surface area contributed by atoms with Crippen LogP contribution in [0.5, 0.6) is 0 Å². The van der Waals surface area contributed by atoms with E-state index >= 15 is 0 Å². The third-order valence-electron chi connectivity index (χ3n) is 4.79. The minimum Gasteiger partial charge on any atom is -0.324 e. The second-order valence-corrected chi connectivity index (χ2v) is 6.57. The molecule has 0 saturated heterocycles. The Morgan fingerprint density at radius 2 is 2.12 bits per heavy atom. The number of para-hydroxylation sites is 2. The fourth-order valence-electron chi connectivity index (χ4n) is 3.46. The van der Waals surface area contributed by atoms with Gasteiger partial charge in [0.1, 0.15) is 5.82 Å². The van der Waals surface area contributed by atoms with Gasteiger partial charge < -0.3 is 14.8 Å². The molecule has 4 rings (SSSR count). The summed E-state index contributed by atoms with van der Waals surface area (Å²) in [6.07, 6.45) is 0.860. The summed E-state index contributed by atoms with van der Waals surface area (Å²) in [7, 11) is 0. The number of anilines is 1. The number of carbonyl (C=O) groups is 1. The van der Waals surface area contributed by atoms with Gasteiger partial charge in [-0.25, -0.2) is 9.78 Å². The SMILES string of the molecule is CC1CCN(C(=O)Nc2cccc(C#N)c2)Cc2nc3ccccc3n21. The van der Waals surface area contributed by atoms with Crippen molar-refractivity contribution < 1.29 is 4.79 Å². The van der Waals surface area contributed by atoms with Gasteiger partial charge in [-0.3, -0.25) is 0 Å². The molecule has 0 spiro atoms. The Labute approximate surface area is 151 Å². The monoisotopic (exact) mass is 345 g/mol. The highest BCUT2D eigenvalue weighted by molar-refractivity contribution is 5.89. The van der Waals surface area contributed by atoms with Crippen LogP contribution in [-0.2, 0) is 6.54 Å². The van der Waals surface area contributed by atoms with Crippen molar-refractivity contribution in [3.8, 4) is 6.07 Å². The van der Waals surface area contributed by atoms with E-state index in [4.69, 9.17) is 10.2 Å². The predicted molar refractivity (Wildman–Crippen MR) is 99.6 cm³/mol. The summed E-state index contributed by atoms with van der Waals surface area (Å²) in [4.78, 5) is 19.3. The minimum absolute atomic E-state index is 0.173. The molecule has 1 unspecified atom stereocenters. The molecule has 2 amide bonds. The minimum atomic E-state index is -0.173. The molecule has 130 valence electrons. The quantitative estimate of drug-likeness (QED) is 0.727. The lowest BCUT2D eigenvalue weighted by molar-refractivity contribution is 0.209. The number of fused-ring (bicyclic) bond motifs is 3. The number of imidazole rings is 1. The van der Waals surface area contributed by atoms with Crippen LogP contribution in [0.1, 0.15) is 30.8 Å². The highest BCUT2D eigenvalue weighted by Crippen LogP contribution is 2.27. The Kier molecular flexibility index (Phi) is 4.05. The number of nitriles is 1. The lowest BCUT2D eigenvalue weighted by atomic mass is 10.2. The largest absolute Gasteiger partial charge is 0.324 e. The number of aromatic nitrogens is 2. The standard InChI is InChI=1S/C20H19N5O/c1-14-9-10-24(20(26)22-16-6-4-5-15(11-16)12-21)13-19-23-17-7-2-3-8-18(17)25(14)19/h2-8,11,14H,9-10,13H2,1H3,(H,22,26). The average molecular weight is 345 g/mol. The van der Waals surface area contributed by atoms with Crippen molar-refractivity contribution in [1.82, 2.24) is 14.5 Å². The molecule has 0 saturated carbocycles. The Balaban J connectivity index is 1.60. The van der Waals surface area contributed by atoms with E-state index in [2.05, 4.69) is 28.9 Å². The van der Waals surface area contributed by atoms with Crippen LogP contribution in [0.3, 0.4) is 0 Å². The van der Waals surface area contributed by atoms with Gasteiger partial charge in [-0.15, -0.1) is 0 Å². The van der Waals surface area contributed by atoms with Gasteiger partial charge in [0.05, 0.1) is 29.2 Å². The van der Waals surface area contributed by atoms with E-state index in [1.54, 1.807) is 29.2 Å². The van der Waals surface area contributed by atoms with E-state index < -0.39 is 0 Å². The molecule has 1 atom stereocenters. The summed E-state index contributed by atoms with van der Waals surface area (Å²) in [5, 5.41) is 11.9. The Morgan fingerprint density at radius 1 is 1.27 bits per heavy atom. The number of carbonyl (C=O) groups excluding carboxylic acids is 1. The molecule has 0 fully saturated rings. The maximum Gasteiger partial charge on any atom is 0.322 e. The van der Waals surface area contributed by atoms with Crippen LogP contribution in [0.4, 0.5) is 10.5 Å². The highest BCUT2D eigenvalue weighted by atomic mass is 16.2. The first-order valence-electron chi connectivity index (χ1n) is 8.67. The molecule has 26 heavy (non-hydrogen) atoms. The van der Waals surface area contributed by atoms with Crippen LogP contribution < -0.4 is 5.32 Å². The fourth-order valence-corrected chi connectivity index (χ4v) is 3.46. The molecule has 1 aliphatic rings. The predicted octanol–water partition coefficient (Wildman–Crippen LogP) is 3.91. The molecule has 1 aromatic heterocycles. The summed E-state index contributed by atoms with van der Waals surface area (Å²) >= 11 is 0. The number of nitrogens with one attached hydrogen (secondary N) is 1. The maximum atomic E-state index is 12.7. The number of benzene rings is 2. The van der Waals surface area contributed by atoms with E-state index in [-0.39, 0.29) is 12.1 Å². The van der Waals surface area contributed by atoms with E-state index in [9.17, 15) is 4.79 Å². The molecular formula is C20H19N5O. The topological polar surface area (TPSA) is 74.0 Å². The van der Waals surface area contributed by atoms with Crippen LogP contribution in [0.25, 0.3) is 11.0 Å². The number of hydrogen-bond donors (Lipinski definition) is 1. The third kappa shape index (κ3) is 2.88. The highest BCUT2D eigenvalue weighted by Gasteiger charge is 2.25. The number of hydrogen-bond acceptors (Lipinski definition) is 3. The van der Waals surface area contributed by atoms with E-state index in [0.717, 1.165) is 23.3 Å². The van der Waals surface area contributed by atoms with Crippen molar-refractivity contribution in [3.63, 3.8) is 0 Å². The molecule has 0 bridgehead atoms. The normalized spacial score (nSPS) is 16.6. The van der Waals surface area contributed by atoms with Crippen LogP contribution in [0.15, 0.2) is 48.5 Å². The van der Waals surface area contributed by atoms with E-state index in [0.29, 0.717) is 24.3 Å². The second kappa shape index (κ2) is 6.52. The van der Waals surface area contributed by atoms with Gasteiger partial charge in [0.25, 0.3) is 0 Å². The van der Waals surface area contributed by atoms with Crippen molar-refractivity contribution >= 4 is 22.8 Å². The molecule has 1 aliphatic heterocycles. The van der Waals surface area contributed by atoms with E-state index in [1.165, 1.54) is 0 Å². The first kappa shape index (κ1) is 16.2. The van der Waals surface area contributed by atoms with Gasteiger partial charge in [-0.05, 0) is 43.7 Å². The lowest BCUT2D eigenvalue weighted by Crippen LogP contribution is -2.34. The molecule has 2 heterocycles. The number of amides is 2. The Morgan fingerprint density at radius 3 is 2.96 bits per heavy atom. The van der Waals surface area contributed by atoms with Crippen molar-refractivity contribution in [1.29, 1.82) is 5.26 Å². The summed E-state index contributed by atoms with van der Waals surface area (Å²) in [5.41, 5.74) is 3.21. The van der Waals surface area contributed by atoms with Crippen LogP contribution in [0, 0.1) is 11.3 Å². The number of nitrogens with zero attached hydrogens (tertiary/aromatic N) is 4. The zero-order valence-electron chi connectivity index (χ0n) is 14.5. The summed E-state index contributed by atoms with van der Waals surface area (Å²) in [6, 6.07) is 17.2. The zero-order valence-corrected chi connectivity index (χ0v) is 14.5. The first-order valence-corrected chi connectivity index (χ1v) is 8.67. The Hall–Kier alpha value is -3.33. The molecule has 1 N–H and O–H groups in total. The molecule has 6 nitrogen and oxygen atoms in total. The Bertz CT molecular complexity index is 1020. The third-order valence-corrected chi connectivity index (χ3v) is 4.79. The summed E-state index contributed by atoms with van der Waals surface area (Å²) < 4.78 is 2.24. The van der Waals surface area contributed by atoms with Crippen molar-refractivity contribution in [3.05, 3.63) is 59.9 Å². The average Bonchev–Trinajstić information content (AvgIpc) is 2.94. The molecule has 3 aromatic rings. The number of urea groups is 1. The molecule has 2 aromatic carbocycles. The summed E-state index contributed by atoms with van der Waals surface area (Å²) in [6.45, 7) is 3.28. The van der Waals surface area contributed by atoms with Crippen molar-refractivity contribution in [2.24, 2.45) is 0 Å². The van der Waals surface area contributed by atoms with Gasteiger partial charge >= 0.3 is 6.03 Å². The van der Waals surface area contributed by atoms with Gasteiger partial charge in [0.15, 0.2) is 0 Å². The van der Waals surface area contributed by atoms with Crippen molar-refractivity contribution in [2.75, 3.05) is 11.9 Å². The lowest BCUT2D eigenvalue weighted by Gasteiger charge is -2.20. The van der Waals surface area contributed by atoms with Gasteiger partial charge in [-0.1, -0.05) is 18.2 Å². The smallest absolute Gasteiger partial charge is 0.322 e. The second-order valence-electron chi connectivity index (χ2n) is 6.57. The maximum absolute atomic E-state index is 12.7. The molecule has 0 radical (unpaired) electrons. The van der Waals surface area contributed by atoms with Gasteiger partial charge in [0, 0.05) is 18.3 Å². The van der Waals surface area contributed by atoms with Gasteiger partial charge in [-0.2, -0.15) is 5.26 Å². The zero-order chi connectivity index (χ0) is 18.1. The van der Waals surface area contributed by atoms with Crippen molar-refractivity contribution in [2.45, 2.75) is 25.9 Å². The number of rotatable bonds is 1. The van der Waals surface area contributed by atoms with Crippen LogP contribution in [0.2, 0.25) is 0 Å². The first-order chi connectivity index (χ1) is 12.7. The molecule has 6 heteroatoms.